The van der Waals surface area contributed by atoms with E-state index in [1.54, 1.807) is 54.5 Å². The SMILES string of the molecule is CNC[C@@H]1Oc2c(NC(=O)Nc3ccc(OC)cc3)cccc2C(=O)N([C@H](C)CO)C[C@H]1C. The molecule has 0 aromatic heterocycles. The Morgan fingerprint density at radius 1 is 1.24 bits per heavy atom. The van der Waals surface area contributed by atoms with E-state index < -0.39 is 6.03 Å². The number of methoxy groups -OCH3 is 1. The topological polar surface area (TPSA) is 112 Å². The highest BCUT2D eigenvalue weighted by molar-refractivity contribution is 6.04. The molecule has 1 aliphatic heterocycles. The molecular formula is C24H32N4O5. The fraction of sp³-hybridized carbons (Fsp3) is 0.417. The molecule has 0 spiro atoms. The number of anilines is 2. The van der Waals surface area contributed by atoms with Crippen LogP contribution in [0.5, 0.6) is 11.5 Å². The van der Waals surface area contributed by atoms with Crippen LogP contribution in [0.25, 0.3) is 0 Å². The smallest absolute Gasteiger partial charge is 0.323 e. The maximum Gasteiger partial charge on any atom is 0.323 e. The van der Waals surface area contributed by atoms with Crippen LogP contribution in [0.1, 0.15) is 24.2 Å². The number of carbonyl (C=O) groups excluding carboxylic acids is 2. The maximum absolute atomic E-state index is 13.4. The van der Waals surface area contributed by atoms with Gasteiger partial charge in [-0.25, -0.2) is 4.79 Å². The third-order valence-corrected chi connectivity index (χ3v) is 5.69. The van der Waals surface area contributed by atoms with E-state index in [0.717, 1.165) is 0 Å². The number of fused-ring (bicyclic) bond motifs is 1. The normalized spacial score (nSPS) is 18.9. The van der Waals surface area contributed by atoms with Gasteiger partial charge in [-0.3, -0.25) is 4.79 Å². The second kappa shape index (κ2) is 11.0. The van der Waals surface area contributed by atoms with Crippen molar-refractivity contribution in [3.8, 4) is 11.5 Å². The van der Waals surface area contributed by atoms with Gasteiger partial charge < -0.3 is 35.4 Å². The number of para-hydroxylation sites is 1. The number of rotatable bonds is 7. The summed E-state index contributed by atoms with van der Waals surface area (Å²) in [6.45, 7) is 4.67. The number of aliphatic hydroxyl groups excluding tert-OH is 1. The van der Waals surface area contributed by atoms with Crippen molar-refractivity contribution in [1.29, 1.82) is 0 Å². The minimum Gasteiger partial charge on any atom is -0.497 e. The molecule has 1 aliphatic rings. The van der Waals surface area contributed by atoms with Gasteiger partial charge in [0.1, 0.15) is 11.9 Å². The van der Waals surface area contributed by atoms with Gasteiger partial charge in [0.15, 0.2) is 5.75 Å². The Morgan fingerprint density at radius 3 is 2.61 bits per heavy atom. The average Bonchev–Trinajstić information content (AvgIpc) is 2.81. The molecule has 0 saturated carbocycles. The quantitative estimate of drug-likeness (QED) is 0.510. The summed E-state index contributed by atoms with van der Waals surface area (Å²) in [6, 6.07) is 11.2. The Morgan fingerprint density at radius 2 is 1.97 bits per heavy atom. The van der Waals surface area contributed by atoms with E-state index in [1.807, 2.05) is 20.9 Å². The van der Waals surface area contributed by atoms with Crippen LogP contribution >= 0.6 is 0 Å². The number of carbonyl (C=O) groups is 2. The molecule has 2 aromatic carbocycles. The third kappa shape index (κ3) is 5.74. The summed E-state index contributed by atoms with van der Waals surface area (Å²) in [5.74, 6) is 0.739. The number of nitrogens with one attached hydrogen (secondary N) is 3. The van der Waals surface area contributed by atoms with Gasteiger partial charge in [-0.15, -0.1) is 0 Å². The van der Waals surface area contributed by atoms with Crippen LogP contribution in [0.4, 0.5) is 16.2 Å². The van der Waals surface area contributed by atoms with E-state index in [4.69, 9.17) is 9.47 Å². The number of urea groups is 1. The van der Waals surface area contributed by atoms with Gasteiger partial charge in [-0.1, -0.05) is 13.0 Å². The molecule has 0 fully saturated rings. The van der Waals surface area contributed by atoms with Gasteiger partial charge in [0, 0.05) is 24.7 Å². The van der Waals surface area contributed by atoms with Crippen molar-refractivity contribution in [2.75, 3.05) is 44.5 Å². The lowest BCUT2D eigenvalue weighted by molar-refractivity contribution is 0.0417. The highest BCUT2D eigenvalue weighted by Gasteiger charge is 2.33. The minimum atomic E-state index is -0.467. The predicted octanol–water partition coefficient (Wildman–Crippen LogP) is 2.78. The summed E-state index contributed by atoms with van der Waals surface area (Å²) in [5, 5.41) is 18.4. The Bertz CT molecular complexity index is 966. The minimum absolute atomic E-state index is 0.00951. The molecule has 1 heterocycles. The molecule has 0 unspecified atom stereocenters. The summed E-state index contributed by atoms with van der Waals surface area (Å²) in [6.07, 6.45) is -0.247. The Labute approximate surface area is 194 Å². The molecule has 0 aliphatic carbocycles. The fourth-order valence-electron chi connectivity index (χ4n) is 3.75. The second-order valence-electron chi connectivity index (χ2n) is 8.17. The number of amides is 3. The second-order valence-corrected chi connectivity index (χ2v) is 8.17. The van der Waals surface area contributed by atoms with E-state index in [1.165, 1.54) is 0 Å². The van der Waals surface area contributed by atoms with E-state index in [0.29, 0.717) is 41.5 Å². The van der Waals surface area contributed by atoms with Gasteiger partial charge in [0.05, 0.1) is 31.0 Å². The van der Waals surface area contributed by atoms with Crippen LogP contribution in [0.3, 0.4) is 0 Å². The molecule has 9 heteroatoms. The van der Waals surface area contributed by atoms with Crippen LogP contribution in [0.15, 0.2) is 42.5 Å². The van der Waals surface area contributed by atoms with Crippen LogP contribution in [0.2, 0.25) is 0 Å². The van der Waals surface area contributed by atoms with Gasteiger partial charge in [-0.05, 0) is 50.4 Å². The molecule has 3 atom stereocenters. The molecular weight excluding hydrogens is 424 g/mol. The molecule has 33 heavy (non-hydrogen) atoms. The van der Waals surface area contributed by atoms with Gasteiger partial charge in [0.25, 0.3) is 5.91 Å². The van der Waals surface area contributed by atoms with E-state index in [-0.39, 0.29) is 30.6 Å². The number of aliphatic hydroxyl groups is 1. The number of hydrogen-bond donors (Lipinski definition) is 4. The van der Waals surface area contributed by atoms with Gasteiger partial charge in [-0.2, -0.15) is 0 Å². The lowest BCUT2D eigenvalue weighted by atomic mass is 9.99. The van der Waals surface area contributed by atoms with E-state index >= 15 is 0 Å². The van der Waals surface area contributed by atoms with Crippen molar-refractivity contribution >= 4 is 23.3 Å². The zero-order valence-electron chi connectivity index (χ0n) is 19.4. The molecule has 178 valence electrons. The number of hydrogen-bond acceptors (Lipinski definition) is 6. The largest absolute Gasteiger partial charge is 0.497 e. The fourth-order valence-corrected chi connectivity index (χ4v) is 3.75. The van der Waals surface area contributed by atoms with Gasteiger partial charge in [0.2, 0.25) is 0 Å². The zero-order valence-corrected chi connectivity index (χ0v) is 19.4. The van der Waals surface area contributed by atoms with E-state index in [9.17, 15) is 14.7 Å². The monoisotopic (exact) mass is 456 g/mol. The average molecular weight is 457 g/mol. The zero-order chi connectivity index (χ0) is 24.0. The van der Waals surface area contributed by atoms with Crippen LogP contribution in [-0.2, 0) is 0 Å². The van der Waals surface area contributed by atoms with E-state index in [2.05, 4.69) is 16.0 Å². The Balaban J connectivity index is 1.91. The first-order valence-electron chi connectivity index (χ1n) is 11.0. The molecule has 3 amide bonds. The molecule has 0 saturated heterocycles. The molecule has 2 aromatic rings. The van der Waals surface area contributed by atoms with Crippen molar-refractivity contribution in [3.05, 3.63) is 48.0 Å². The highest BCUT2D eigenvalue weighted by Crippen LogP contribution is 2.34. The van der Waals surface area contributed by atoms with Crippen molar-refractivity contribution in [3.63, 3.8) is 0 Å². The number of nitrogens with zero attached hydrogens (tertiary/aromatic N) is 1. The summed E-state index contributed by atoms with van der Waals surface area (Å²) in [4.78, 5) is 27.7. The molecule has 3 rings (SSSR count). The van der Waals surface area contributed by atoms with Crippen LogP contribution in [-0.4, -0.2) is 67.9 Å². The summed E-state index contributed by atoms with van der Waals surface area (Å²) in [7, 11) is 3.41. The van der Waals surface area contributed by atoms with Crippen LogP contribution < -0.4 is 25.4 Å². The highest BCUT2D eigenvalue weighted by atomic mass is 16.5. The van der Waals surface area contributed by atoms with Crippen molar-refractivity contribution in [1.82, 2.24) is 10.2 Å². The first kappa shape index (κ1) is 24.3. The summed E-state index contributed by atoms with van der Waals surface area (Å²) < 4.78 is 11.4. The number of ether oxygens (including phenoxy) is 2. The molecule has 4 N–H and O–H groups in total. The molecule has 9 nitrogen and oxygen atoms in total. The first-order chi connectivity index (χ1) is 15.9. The molecule has 0 radical (unpaired) electrons. The number of likely N-dealkylation sites (N-methyl/N-ethyl adjacent to an activating group) is 1. The summed E-state index contributed by atoms with van der Waals surface area (Å²) in [5.41, 5.74) is 1.32. The lowest BCUT2D eigenvalue weighted by Crippen LogP contribution is -2.49. The Hall–Kier alpha value is -3.30. The van der Waals surface area contributed by atoms with Crippen molar-refractivity contribution < 1.29 is 24.2 Å². The van der Waals surface area contributed by atoms with Crippen molar-refractivity contribution in [2.45, 2.75) is 26.0 Å². The standard InChI is InChI=1S/C24H32N4O5/c1-15-13-28(16(2)14-29)23(30)19-6-5-7-20(22(19)33-21(15)12-25-3)27-24(31)26-17-8-10-18(32-4)11-9-17/h5-11,15-16,21,25,29H,12-14H2,1-4H3,(H2,26,27,31)/t15-,16-,21+/m1/s1. The maximum atomic E-state index is 13.4. The number of benzene rings is 2. The first-order valence-corrected chi connectivity index (χ1v) is 11.0. The third-order valence-electron chi connectivity index (χ3n) is 5.69. The lowest BCUT2D eigenvalue weighted by Gasteiger charge is -2.37. The predicted molar refractivity (Wildman–Crippen MR) is 127 cm³/mol. The molecule has 0 bridgehead atoms. The summed E-state index contributed by atoms with van der Waals surface area (Å²) >= 11 is 0. The van der Waals surface area contributed by atoms with Crippen LogP contribution in [0, 0.1) is 5.92 Å². The Kier molecular flexibility index (Phi) is 8.13. The van der Waals surface area contributed by atoms with Gasteiger partial charge >= 0.3 is 6.03 Å². The van der Waals surface area contributed by atoms with Crippen molar-refractivity contribution in [2.24, 2.45) is 5.92 Å².